The molecule has 1 aromatic carbocycles. The molecule has 0 radical (unpaired) electrons. The molecular formula is C10H6Br2FNO. The van der Waals surface area contributed by atoms with E-state index in [2.05, 4.69) is 37.0 Å². The van der Waals surface area contributed by atoms with Crippen LogP contribution in [0.3, 0.4) is 0 Å². The van der Waals surface area contributed by atoms with Crippen LogP contribution in [0.5, 0.6) is 0 Å². The summed E-state index contributed by atoms with van der Waals surface area (Å²) in [5.41, 5.74) is 1.31. The maximum atomic E-state index is 13.0. The largest absolute Gasteiger partial charge is 0.360 e. The Labute approximate surface area is 103 Å². The second-order valence-electron chi connectivity index (χ2n) is 2.94. The summed E-state index contributed by atoms with van der Waals surface area (Å²) in [7, 11) is 0. The van der Waals surface area contributed by atoms with Gasteiger partial charge in [-0.3, -0.25) is 0 Å². The quantitative estimate of drug-likeness (QED) is 0.771. The van der Waals surface area contributed by atoms with Crippen molar-refractivity contribution in [1.82, 2.24) is 5.16 Å². The summed E-state index contributed by atoms with van der Waals surface area (Å²) in [5, 5.41) is 4.45. The molecule has 0 atom stereocenters. The molecular weight excluding hydrogens is 329 g/mol. The molecule has 0 aliphatic rings. The lowest BCUT2D eigenvalue weighted by Crippen LogP contribution is -1.81. The molecule has 0 N–H and O–H groups in total. The number of nitrogens with zero attached hydrogens (tertiary/aromatic N) is 1. The van der Waals surface area contributed by atoms with Gasteiger partial charge in [0.15, 0.2) is 0 Å². The molecule has 1 aromatic heterocycles. The second-order valence-corrected chi connectivity index (χ2v) is 4.35. The second kappa shape index (κ2) is 4.45. The third-order valence-electron chi connectivity index (χ3n) is 1.90. The first-order valence-electron chi connectivity index (χ1n) is 4.17. The van der Waals surface area contributed by atoms with Crippen LogP contribution in [0.25, 0.3) is 11.3 Å². The molecule has 0 aliphatic carbocycles. The minimum absolute atomic E-state index is 0.295. The monoisotopic (exact) mass is 333 g/mol. The Morgan fingerprint density at radius 3 is 2.80 bits per heavy atom. The van der Waals surface area contributed by atoms with Gasteiger partial charge in [-0.1, -0.05) is 37.0 Å². The van der Waals surface area contributed by atoms with Crippen LogP contribution >= 0.6 is 31.9 Å². The molecule has 0 unspecified atom stereocenters. The van der Waals surface area contributed by atoms with Gasteiger partial charge in [-0.15, -0.1) is 0 Å². The van der Waals surface area contributed by atoms with Gasteiger partial charge in [-0.25, -0.2) is 4.39 Å². The molecule has 0 bridgehead atoms. The van der Waals surface area contributed by atoms with Crippen LogP contribution < -0.4 is 0 Å². The van der Waals surface area contributed by atoms with Crippen LogP contribution in [0, 0.1) is 5.82 Å². The van der Waals surface area contributed by atoms with Gasteiger partial charge in [0, 0.05) is 16.1 Å². The normalized spacial score (nSPS) is 10.6. The summed E-state index contributed by atoms with van der Waals surface area (Å²) in [4.78, 5) is 0. The summed E-state index contributed by atoms with van der Waals surface area (Å²) in [5.74, 6) is 0.415. The molecule has 0 fully saturated rings. The molecule has 5 heteroatoms. The van der Waals surface area contributed by atoms with Crippen molar-refractivity contribution in [3.63, 3.8) is 0 Å². The topological polar surface area (TPSA) is 26.0 Å². The molecule has 0 saturated carbocycles. The zero-order chi connectivity index (χ0) is 10.8. The zero-order valence-electron chi connectivity index (χ0n) is 7.51. The molecule has 1 heterocycles. The standard InChI is InChI=1S/C10H6Br2FNO/c11-5-7-4-10(14-15-7)8-3-6(13)1-2-9(8)12/h1-4H,5H2. The first-order valence-corrected chi connectivity index (χ1v) is 6.09. The predicted octanol–water partition coefficient (Wildman–Crippen LogP) is 4.14. The number of hydrogen-bond donors (Lipinski definition) is 0. The molecule has 78 valence electrons. The molecule has 0 saturated heterocycles. The number of alkyl halides is 1. The van der Waals surface area contributed by atoms with Crippen LogP contribution in [-0.2, 0) is 5.33 Å². The highest BCUT2D eigenvalue weighted by atomic mass is 79.9. The van der Waals surface area contributed by atoms with Crippen LogP contribution in [0.1, 0.15) is 5.76 Å². The Kier molecular flexibility index (Phi) is 3.21. The number of aromatic nitrogens is 1. The lowest BCUT2D eigenvalue weighted by Gasteiger charge is -1.99. The van der Waals surface area contributed by atoms with Gasteiger partial charge in [0.05, 0.1) is 5.33 Å². The van der Waals surface area contributed by atoms with Crippen molar-refractivity contribution in [3.8, 4) is 11.3 Å². The van der Waals surface area contributed by atoms with E-state index in [0.29, 0.717) is 22.3 Å². The molecule has 2 nitrogen and oxygen atoms in total. The number of rotatable bonds is 2. The van der Waals surface area contributed by atoms with E-state index in [1.54, 1.807) is 12.1 Å². The lowest BCUT2D eigenvalue weighted by atomic mass is 10.1. The summed E-state index contributed by atoms with van der Waals surface area (Å²) in [6.45, 7) is 0. The van der Waals surface area contributed by atoms with Crippen LogP contribution in [-0.4, -0.2) is 5.16 Å². The smallest absolute Gasteiger partial charge is 0.147 e. The van der Waals surface area contributed by atoms with E-state index in [9.17, 15) is 4.39 Å². The SMILES string of the molecule is Fc1ccc(Br)c(-c2cc(CBr)on2)c1. The number of benzene rings is 1. The summed E-state index contributed by atoms with van der Waals surface area (Å²) in [6, 6.07) is 6.22. The Balaban J connectivity index is 2.48. The summed E-state index contributed by atoms with van der Waals surface area (Å²) < 4.78 is 18.8. The van der Waals surface area contributed by atoms with E-state index in [4.69, 9.17) is 4.52 Å². The Morgan fingerprint density at radius 1 is 1.33 bits per heavy atom. The van der Waals surface area contributed by atoms with E-state index in [1.165, 1.54) is 12.1 Å². The molecule has 0 spiro atoms. The van der Waals surface area contributed by atoms with E-state index >= 15 is 0 Å². The zero-order valence-corrected chi connectivity index (χ0v) is 10.7. The molecule has 0 aliphatic heterocycles. The average Bonchev–Trinajstić information content (AvgIpc) is 2.70. The predicted molar refractivity (Wildman–Crippen MR) is 62.2 cm³/mol. The first kappa shape index (κ1) is 10.8. The van der Waals surface area contributed by atoms with Gasteiger partial charge < -0.3 is 4.52 Å². The fraction of sp³-hybridized carbons (Fsp3) is 0.100. The van der Waals surface area contributed by atoms with E-state index < -0.39 is 0 Å². The van der Waals surface area contributed by atoms with Gasteiger partial charge in [-0.05, 0) is 18.2 Å². The molecule has 2 aromatic rings. The highest BCUT2D eigenvalue weighted by Gasteiger charge is 2.09. The third kappa shape index (κ3) is 2.29. The van der Waals surface area contributed by atoms with Crippen LogP contribution in [0.2, 0.25) is 0 Å². The van der Waals surface area contributed by atoms with E-state index in [-0.39, 0.29) is 5.82 Å². The maximum Gasteiger partial charge on any atom is 0.147 e. The number of hydrogen-bond acceptors (Lipinski definition) is 2. The fourth-order valence-corrected chi connectivity index (χ4v) is 1.91. The van der Waals surface area contributed by atoms with Gasteiger partial charge in [0.1, 0.15) is 17.3 Å². The van der Waals surface area contributed by atoms with Crippen molar-refractivity contribution >= 4 is 31.9 Å². The third-order valence-corrected chi connectivity index (χ3v) is 3.14. The lowest BCUT2D eigenvalue weighted by molar-refractivity contribution is 0.398. The average molecular weight is 335 g/mol. The van der Waals surface area contributed by atoms with Gasteiger partial charge in [0.2, 0.25) is 0 Å². The van der Waals surface area contributed by atoms with Crippen molar-refractivity contribution < 1.29 is 8.91 Å². The maximum absolute atomic E-state index is 13.0. The van der Waals surface area contributed by atoms with Crippen molar-refractivity contribution in [1.29, 1.82) is 0 Å². The van der Waals surface area contributed by atoms with Crippen molar-refractivity contribution in [2.24, 2.45) is 0 Å². The van der Waals surface area contributed by atoms with E-state index in [1.807, 2.05) is 0 Å². The van der Waals surface area contributed by atoms with Crippen molar-refractivity contribution in [2.75, 3.05) is 0 Å². The van der Waals surface area contributed by atoms with E-state index in [0.717, 1.165) is 4.47 Å². The molecule has 2 rings (SSSR count). The Bertz CT molecular complexity index is 484. The van der Waals surface area contributed by atoms with Gasteiger partial charge in [-0.2, -0.15) is 0 Å². The summed E-state index contributed by atoms with van der Waals surface area (Å²) >= 11 is 6.60. The number of halogens is 3. The van der Waals surface area contributed by atoms with Crippen molar-refractivity contribution in [2.45, 2.75) is 5.33 Å². The summed E-state index contributed by atoms with van der Waals surface area (Å²) in [6.07, 6.45) is 0. The molecule has 0 amide bonds. The Hall–Kier alpha value is -0.680. The van der Waals surface area contributed by atoms with Gasteiger partial charge in [0.25, 0.3) is 0 Å². The first-order chi connectivity index (χ1) is 7.20. The highest BCUT2D eigenvalue weighted by molar-refractivity contribution is 9.10. The van der Waals surface area contributed by atoms with Gasteiger partial charge >= 0.3 is 0 Å². The minimum Gasteiger partial charge on any atom is -0.360 e. The fourth-order valence-electron chi connectivity index (χ4n) is 1.20. The molecule has 15 heavy (non-hydrogen) atoms. The van der Waals surface area contributed by atoms with Crippen molar-refractivity contribution in [3.05, 3.63) is 40.3 Å². The van der Waals surface area contributed by atoms with Crippen LogP contribution in [0.4, 0.5) is 4.39 Å². The van der Waals surface area contributed by atoms with Crippen LogP contribution in [0.15, 0.2) is 33.3 Å². The highest BCUT2D eigenvalue weighted by Crippen LogP contribution is 2.28. The Morgan fingerprint density at radius 2 is 2.13 bits per heavy atom. The minimum atomic E-state index is -0.295.